The van der Waals surface area contributed by atoms with E-state index in [2.05, 4.69) is 10.1 Å². The molecule has 0 atom stereocenters. The maximum atomic E-state index is 12.3. The Morgan fingerprint density at radius 2 is 1.85 bits per heavy atom. The SMILES string of the molecule is O=C1CN(C(=O)c2ccc(COc3ccc(OC(F)(F)F)cc3)o2)CCN1. The molecule has 1 N–H and O–H groups in total. The largest absolute Gasteiger partial charge is 0.573 e. The Morgan fingerprint density at radius 3 is 2.52 bits per heavy atom. The van der Waals surface area contributed by atoms with Crippen molar-refractivity contribution >= 4 is 11.8 Å². The fourth-order valence-electron chi connectivity index (χ4n) is 2.43. The van der Waals surface area contributed by atoms with Gasteiger partial charge in [-0.15, -0.1) is 13.2 Å². The molecule has 27 heavy (non-hydrogen) atoms. The van der Waals surface area contributed by atoms with Crippen LogP contribution in [0.1, 0.15) is 16.3 Å². The van der Waals surface area contributed by atoms with Gasteiger partial charge in [-0.2, -0.15) is 0 Å². The van der Waals surface area contributed by atoms with Gasteiger partial charge in [-0.3, -0.25) is 9.59 Å². The number of benzene rings is 1. The summed E-state index contributed by atoms with van der Waals surface area (Å²) in [5.41, 5.74) is 0. The predicted octanol–water partition coefficient (Wildman–Crippen LogP) is 2.33. The summed E-state index contributed by atoms with van der Waals surface area (Å²) in [6, 6.07) is 7.93. The van der Waals surface area contributed by atoms with Crippen LogP contribution in [0.15, 0.2) is 40.8 Å². The normalized spacial score (nSPS) is 14.6. The average molecular weight is 384 g/mol. The fourth-order valence-corrected chi connectivity index (χ4v) is 2.43. The molecule has 0 saturated carbocycles. The second kappa shape index (κ2) is 7.60. The van der Waals surface area contributed by atoms with Gasteiger partial charge < -0.3 is 24.1 Å². The molecule has 2 amide bonds. The molecule has 1 aromatic heterocycles. The van der Waals surface area contributed by atoms with Crippen LogP contribution in [0.3, 0.4) is 0 Å². The predicted molar refractivity (Wildman–Crippen MR) is 85.1 cm³/mol. The molecule has 7 nitrogen and oxygen atoms in total. The van der Waals surface area contributed by atoms with E-state index < -0.39 is 12.3 Å². The van der Waals surface area contributed by atoms with Crippen LogP contribution in [0.2, 0.25) is 0 Å². The summed E-state index contributed by atoms with van der Waals surface area (Å²) in [6.07, 6.45) is -4.76. The van der Waals surface area contributed by atoms with Gasteiger partial charge in [-0.1, -0.05) is 0 Å². The number of ether oxygens (including phenoxy) is 2. The first-order valence-electron chi connectivity index (χ1n) is 7.93. The van der Waals surface area contributed by atoms with E-state index in [1.807, 2.05) is 0 Å². The minimum atomic E-state index is -4.76. The van der Waals surface area contributed by atoms with Crippen LogP contribution in [0.25, 0.3) is 0 Å². The van der Waals surface area contributed by atoms with Crippen LogP contribution < -0.4 is 14.8 Å². The lowest BCUT2D eigenvalue weighted by atomic mass is 10.3. The third kappa shape index (κ3) is 5.16. The number of alkyl halides is 3. The van der Waals surface area contributed by atoms with Crippen LogP contribution in [0, 0.1) is 0 Å². The van der Waals surface area contributed by atoms with Crippen molar-refractivity contribution in [1.29, 1.82) is 0 Å². The Balaban J connectivity index is 1.55. The highest BCUT2D eigenvalue weighted by molar-refractivity contribution is 5.94. The number of halogens is 3. The van der Waals surface area contributed by atoms with Crippen molar-refractivity contribution in [1.82, 2.24) is 10.2 Å². The number of nitrogens with one attached hydrogen (secondary N) is 1. The summed E-state index contributed by atoms with van der Waals surface area (Å²) < 4.78 is 51.0. The van der Waals surface area contributed by atoms with Gasteiger partial charge in [0, 0.05) is 13.1 Å². The number of rotatable bonds is 5. The highest BCUT2D eigenvalue weighted by Gasteiger charge is 2.31. The average Bonchev–Trinajstić information content (AvgIpc) is 3.08. The minimum Gasteiger partial charge on any atom is -0.486 e. The quantitative estimate of drug-likeness (QED) is 0.856. The lowest BCUT2D eigenvalue weighted by Crippen LogP contribution is -2.49. The van der Waals surface area contributed by atoms with Crippen LogP contribution >= 0.6 is 0 Å². The van der Waals surface area contributed by atoms with Gasteiger partial charge in [0.15, 0.2) is 5.76 Å². The van der Waals surface area contributed by atoms with E-state index in [0.717, 1.165) is 12.1 Å². The second-order valence-electron chi connectivity index (χ2n) is 5.65. The first-order valence-corrected chi connectivity index (χ1v) is 7.93. The van der Waals surface area contributed by atoms with E-state index in [4.69, 9.17) is 9.15 Å². The summed E-state index contributed by atoms with van der Waals surface area (Å²) in [4.78, 5) is 25.0. The maximum absolute atomic E-state index is 12.3. The molecule has 144 valence electrons. The molecule has 1 aromatic carbocycles. The number of piperazine rings is 1. The number of hydrogen-bond donors (Lipinski definition) is 1. The summed E-state index contributed by atoms with van der Waals surface area (Å²) >= 11 is 0. The summed E-state index contributed by atoms with van der Waals surface area (Å²) in [5.74, 6) is -0.243. The van der Waals surface area contributed by atoms with E-state index in [-0.39, 0.29) is 30.6 Å². The number of amides is 2. The van der Waals surface area contributed by atoms with Crippen molar-refractivity contribution < 1.29 is 36.7 Å². The first kappa shape index (κ1) is 18.6. The standard InChI is InChI=1S/C17H15F3N2O5/c18-17(19,20)27-12-3-1-11(2-4-12)25-10-13-5-6-14(26-13)16(24)22-8-7-21-15(23)9-22/h1-6H,7-10H2,(H,21,23). The molecule has 1 fully saturated rings. The van der Waals surface area contributed by atoms with Crippen LogP contribution in [-0.4, -0.2) is 42.7 Å². The van der Waals surface area contributed by atoms with Gasteiger partial charge >= 0.3 is 6.36 Å². The summed E-state index contributed by atoms with van der Waals surface area (Å²) in [6.45, 7) is 0.726. The van der Waals surface area contributed by atoms with E-state index >= 15 is 0 Å². The first-order chi connectivity index (χ1) is 12.8. The Kier molecular flexibility index (Phi) is 5.24. The molecule has 0 aliphatic carbocycles. The molecule has 3 rings (SSSR count). The Hall–Kier alpha value is -3.17. The van der Waals surface area contributed by atoms with E-state index in [1.165, 1.54) is 23.1 Å². The zero-order valence-corrected chi connectivity index (χ0v) is 13.9. The second-order valence-corrected chi connectivity index (χ2v) is 5.65. The molecule has 0 bridgehead atoms. The van der Waals surface area contributed by atoms with Crippen LogP contribution in [-0.2, 0) is 11.4 Å². The molecule has 0 unspecified atom stereocenters. The zero-order chi connectivity index (χ0) is 19.4. The number of carbonyl (C=O) groups is 2. The number of furan rings is 1. The van der Waals surface area contributed by atoms with Crippen LogP contribution in [0.4, 0.5) is 13.2 Å². The van der Waals surface area contributed by atoms with E-state index in [0.29, 0.717) is 24.6 Å². The highest BCUT2D eigenvalue weighted by Crippen LogP contribution is 2.25. The molecule has 1 saturated heterocycles. The highest BCUT2D eigenvalue weighted by atomic mass is 19.4. The van der Waals surface area contributed by atoms with Crippen molar-refractivity contribution in [3.8, 4) is 11.5 Å². The maximum Gasteiger partial charge on any atom is 0.573 e. The van der Waals surface area contributed by atoms with Crippen molar-refractivity contribution in [2.75, 3.05) is 19.6 Å². The molecule has 2 heterocycles. The minimum absolute atomic E-state index is 0.0206. The lowest BCUT2D eigenvalue weighted by molar-refractivity contribution is -0.274. The fraction of sp³-hybridized carbons (Fsp3) is 0.294. The topological polar surface area (TPSA) is 81.0 Å². The lowest BCUT2D eigenvalue weighted by Gasteiger charge is -2.25. The molecule has 0 radical (unpaired) electrons. The molecule has 2 aromatic rings. The van der Waals surface area contributed by atoms with Crippen LogP contribution in [0.5, 0.6) is 11.5 Å². The molecule has 10 heteroatoms. The van der Waals surface area contributed by atoms with Crippen molar-refractivity contribution in [3.05, 3.63) is 47.9 Å². The monoisotopic (exact) mass is 384 g/mol. The van der Waals surface area contributed by atoms with Gasteiger partial charge in [0.05, 0.1) is 0 Å². The third-order valence-corrected chi connectivity index (χ3v) is 3.64. The van der Waals surface area contributed by atoms with Crippen molar-refractivity contribution in [2.24, 2.45) is 0 Å². The van der Waals surface area contributed by atoms with Gasteiger partial charge in [0.2, 0.25) is 5.91 Å². The Bertz CT molecular complexity index is 817. The molecule has 1 aliphatic heterocycles. The number of nitrogens with zero attached hydrogens (tertiary/aromatic N) is 1. The Morgan fingerprint density at radius 1 is 1.15 bits per heavy atom. The van der Waals surface area contributed by atoms with Gasteiger partial charge in [-0.05, 0) is 36.4 Å². The van der Waals surface area contributed by atoms with E-state index in [1.54, 1.807) is 6.07 Å². The van der Waals surface area contributed by atoms with Crippen molar-refractivity contribution in [3.63, 3.8) is 0 Å². The van der Waals surface area contributed by atoms with E-state index in [9.17, 15) is 22.8 Å². The van der Waals surface area contributed by atoms with Gasteiger partial charge in [0.1, 0.15) is 30.4 Å². The smallest absolute Gasteiger partial charge is 0.486 e. The number of hydrogen-bond acceptors (Lipinski definition) is 5. The van der Waals surface area contributed by atoms with Crippen molar-refractivity contribution in [2.45, 2.75) is 13.0 Å². The zero-order valence-electron chi connectivity index (χ0n) is 13.9. The van der Waals surface area contributed by atoms with Gasteiger partial charge in [-0.25, -0.2) is 0 Å². The molecular formula is C17H15F3N2O5. The number of carbonyl (C=O) groups excluding carboxylic acids is 2. The molecule has 0 spiro atoms. The summed E-state index contributed by atoms with van der Waals surface area (Å²) in [7, 11) is 0. The third-order valence-electron chi connectivity index (χ3n) is 3.64. The molecular weight excluding hydrogens is 369 g/mol. The molecule has 1 aliphatic rings. The van der Waals surface area contributed by atoms with Gasteiger partial charge in [0.25, 0.3) is 5.91 Å². The summed E-state index contributed by atoms with van der Waals surface area (Å²) in [5, 5.41) is 2.62. The Labute approximate surface area is 151 Å².